The second-order valence-corrected chi connectivity index (χ2v) is 7.24. The molecule has 2 saturated carbocycles. The minimum absolute atomic E-state index is 0.183. The molecule has 1 amide bonds. The second kappa shape index (κ2) is 4.99. The van der Waals surface area contributed by atoms with Gasteiger partial charge in [0.25, 0.3) is 5.91 Å². The highest BCUT2D eigenvalue weighted by Crippen LogP contribution is 2.55. The van der Waals surface area contributed by atoms with Crippen molar-refractivity contribution < 1.29 is 9.90 Å². The first-order valence-corrected chi connectivity index (χ1v) is 8.24. The van der Waals surface area contributed by atoms with E-state index in [0.29, 0.717) is 22.4 Å². The number of benzene rings is 1. The number of amides is 1. The zero-order valence-corrected chi connectivity index (χ0v) is 12.7. The third-order valence-corrected chi connectivity index (χ3v) is 6.23. The fourth-order valence-electron chi connectivity index (χ4n) is 4.86. The first-order valence-electron chi connectivity index (χ1n) is 7.86. The topological polar surface area (TPSA) is 40.5 Å². The Labute approximate surface area is 129 Å². The molecule has 0 aromatic heterocycles. The van der Waals surface area contributed by atoms with Gasteiger partial charge in [-0.05, 0) is 49.0 Å². The van der Waals surface area contributed by atoms with Gasteiger partial charge in [0.1, 0.15) is 0 Å². The monoisotopic (exact) mass is 305 g/mol. The predicted octanol–water partition coefficient (Wildman–Crippen LogP) is 2.88. The first kappa shape index (κ1) is 13.6. The Morgan fingerprint density at radius 3 is 2.43 bits per heavy atom. The molecule has 5 atom stereocenters. The molecule has 2 aliphatic carbocycles. The Bertz CT molecular complexity index is 558. The van der Waals surface area contributed by atoms with Crippen molar-refractivity contribution >= 4 is 17.5 Å². The molecular weight excluding hydrogens is 286 g/mol. The van der Waals surface area contributed by atoms with E-state index in [-0.39, 0.29) is 5.91 Å². The van der Waals surface area contributed by atoms with Gasteiger partial charge in [-0.15, -0.1) is 0 Å². The molecule has 1 heterocycles. The standard InChI is InChI=1S/C17H20ClNO2/c18-15-4-2-1-3-12(15)16(20)17(21)19-8-13-10-5-6-11(7-10)14(13)9-19/h1-4,10-11,13-14,16,20H,5-9H2/t10-,11+,13-,14+,16?. The van der Waals surface area contributed by atoms with Gasteiger partial charge in [-0.1, -0.05) is 29.8 Å². The highest BCUT2D eigenvalue weighted by atomic mass is 35.5. The SMILES string of the molecule is O=C(C(O)c1ccccc1Cl)N1C[C@@H]2[C@@H]3CC[C@@H](C3)[C@@H]2C1. The maximum Gasteiger partial charge on any atom is 0.256 e. The Kier molecular flexibility index (Phi) is 3.23. The Morgan fingerprint density at radius 2 is 1.81 bits per heavy atom. The Morgan fingerprint density at radius 1 is 1.19 bits per heavy atom. The van der Waals surface area contributed by atoms with Crippen molar-refractivity contribution in [2.45, 2.75) is 25.4 Å². The van der Waals surface area contributed by atoms with E-state index >= 15 is 0 Å². The maximum atomic E-state index is 12.6. The number of rotatable bonds is 2. The van der Waals surface area contributed by atoms with Crippen molar-refractivity contribution in [1.29, 1.82) is 0 Å². The van der Waals surface area contributed by atoms with Crippen molar-refractivity contribution in [2.24, 2.45) is 23.7 Å². The number of halogens is 1. The van der Waals surface area contributed by atoms with Gasteiger partial charge in [-0.2, -0.15) is 0 Å². The first-order chi connectivity index (χ1) is 10.1. The van der Waals surface area contributed by atoms with Crippen LogP contribution in [-0.2, 0) is 4.79 Å². The number of aliphatic hydroxyl groups excluding tert-OH is 1. The molecule has 3 fully saturated rings. The maximum absolute atomic E-state index is 12.6. The summed E-state index contributed by atoms with van der Waals surface area (Å²) in [5, 5.41) is 10.8. The van der Waals surface area contributed by atoms with Gasteiger partial charge in [0.05, 0.1) is 0 Å². The van der Waals surface area contributed by atoms with E-state index in [9.17, 15) is 9.90 Å². The summed E-state index contributed by atoms with van der Waals surface area (Å²) < 4.78 is 0. The molecule has 0 spiro atoms. The van der Waals surface area contributed by atoms with Crippen LogP contribution in [0, 0.1) is 23.7 Å². The molecule has 1 N–H and O–H groups in total. The molecule has 1 aromatic carbocycles. The number of likely N-dealkylation sites (tertiary alicyclic amines) is 1. The van der Waals surface area contributed by atoms with Crippen LogP contribution in [0.2, 0.25) is 5.02 Å². The van der Waals surface area contributed by atoms with E-state index in [1.807, 2.05) is 4.90 Å². The summed E-state index contributed by atoms with van der Waals surface area (Å²) in [6.45, 7) is 1.65. The number of fused-ring (bicyclic) bond motifs is 5. The van der Waals surface area contributed by atoms with Crippen LogP contribution in [0.5, 0.6) is 0 Å². The molecule has 2 bridgehead atoms. The molecule has 0 radical (unpaired) electrons. The molecule has 1 aliphatic heterocycles. The van der Waals surface area contributed by atoms with Gasteiger partial charge < -0.3 is 10.0 Å². The normalized spacial score (nSPS) is 35.0. The molecule has 1 saturated heterocycles. The third-order valence-electron chi connectivity index (χ3n) is 5.88. The predicted molar refractivity (Wildman–Crippen MR) is 80.8 cm³/mol. The summed E-state index contributed by atoms with van der Waals surface area (Å²) >= 11 is 6.09. The van der Waals surface area contributed by atoms with E-state index in [1.165, 1.54) is 19.3 Å². The number of hydrogen-bond acceptors (Lipinski definition) is 2. The van der Waals surface area contributed by atoms with E-state index in [1.54, 1.807) is 24.3 Å². The van der Waals surface area contributed by atoms with Crippen LogP contribution in [-0.4, -0.2) is 29.0 Å². The summed E-state index contributed by atoms with van der Waals surface area (Å²) in [5.74, 6) is 2.79. The second-order valence-electron chi connectivity index (χ2n) is 6.83. The summed E-state index contributed by atoms with van der Waals surface area (Å²) in [6, 6.07) is 7.05. The van der Waals surface area contributed by atoms with Crippen molar-refractivity contribution in [3.05, 3.63) is 34.9 Å². The van der Waals surface area contributed by atoms with Gasteiger partial charge in [0.15, 0.2) is 6.10 Å². The van der Waals surface area contributed by atoms with E-state index in [4.69, 9.17) is 11.6 Å². The fraction of sp³-hybridized carbons (Fsp3) is 0.588. The molecular formula is C17H20ClNO2. The van der Waals surface area contributed by atoms with Gasteiger partial charge in [-0.3, -0.25) is 4.79 Å². The van der Waals surface area contributed by atoms with Crippen molar-refractivity contribution in [1.82, 2.24) is 4.90 Å². The minimum Gasteiger partial charge on any atom is -0.378 e. The number of aliphatic hydroxyl groups is 1. The van der Waals surface area contributed by atoms with Crippen molar-refractivity contribution in [3.63, 3.8) is 0 Å². The molecule has 4 heteroatoms. The van der Waals surface area contributed by atoms with Crippen molar-refractivity contribution in [2.75, 3.05) is 13.1 Å². The lowest BCUT2D eigenvalue weighted by molar-refractivity contribution is -0.139. The highest BCUT2D eigenvalue weighted by molar-refractivity contribution is 6.31. The van der Waals surface area contributed by atoms with Gasteiger partial charge in [-0.25, -0.2) is 0 Å². The van der Waals surface area contributed by atoms with Crippen LogP contribution in [0.15, 0.2) is 24.3 Å². The van der Waals surface area contributed by atoms with Gasteiger partial charge in [0, 0.05) is 23.7 Å². The lowest BCUT2D eigenvalue weighted by Gasteiger charge is -2.22. The minimum atomic E-state index is -1.13. The van der Waals surface area contributed by atoms with Crippen LogP contribution in [0.3, 0.4) is 0 Å². The van der Waals surface area contributed by atoms with Crippen LogP contribution in [0.1, 0.15) is 30.9 Å². The largest absolute Gasteiger partial charge is 0.378 e. The van der Waals surface area contributed by atoms with Gasteiger partial charge in [0.2, 0.25) is 0 Å². The third kappa shape index (κ3) is 2.09. The van der Waals surface area contributed by atoms with E-state index in [2.05, 4.69) is 0 Å². The molecule has 4 rings (SSSR count). The molecule has 3 nitrogen and oxygen atoms in total. The van der Waals surface area contributed by atoms with Crippen LogP contribution in [0.25, 0.3) is 0 Å². The van der Waals surface area contributed by atoms with Gasteiger partial charge >= 0.3 is 0 Å². The highest BCUT2D eigenvalue weighted by Gasteiger charge is 2.52. The average molecular weight is 306 g/mol. The molecule has 112 valence electrons. The summed E-state index contributed by atoms with van der Waals surface area (Å²) in [5.41, 5.74) is 0.518. The molecule has 1 aromatic rings. The summed E-state index contributed by atoms with van der Waals surface area (Å²) in [4.78, 5) is 14.4. The molecule has 21 heavy (non-hydrogen) atoms. The van der Waals surface area contributed by atoms with Crippen LogP contribution < -0.4 is 0 Å². The number of hydrogen-bond donors (Lipinski definition) is 1. The van der Waals surface area contributed by atoms with E-state index < -0.39 is 6.10 Å². The number of carbonyl (C=O) groups excluding carboxylic acids is 1. The lowest BCUT2D eigenvalue weighted by Crippen LogP contribution is -2.34. The summed E-state index contributed by atoms with van der Waals surface area (Å²) in [6.07, 6.45) is 2.90. The quantitative estimate of drug-likeness (QED) is 0.913. The van der Waals surface area contributed by atoms with Crippen molar-refractivity contribution in [3.8, 4) is 0 Å². The summed E-state index contributed by atoms with van der Waals surface area (Å²) in [7, 11) is 0. The lowest BCUT2D eigenvalue weighted by atomic mass is 9.82. The smallest absolute Gasteiger partial charge is 0.256 e. The zero-order valence-electron chi connectivity index (χ0n) is 11.9. The van der Waals surface area contributed by atoms with Crippen LogP contribution in [0.4, 0.5) is 0 Å². The zero-order chi connectivity index (χ0) is 14.6. The average Bonchev–Trinajstić information content (AvgIpc) is 3.18. The fourth-order valence-corrected chi connectivity index (χ4v) is 5.10. The number of nitrogens with zero attached hydrogens (tertiary/aromatic N) is 1. The molecule has 3 aliphatic rings. The molecule has 1 unspecified atom stereocenters. The van der Waals surface area contributed by atoms with E-state index in [0.717, 1.165) is 24.9 Å². The number of carbonyl (C=O) groups is 1. The van der Waals surface area contributed by atoms with Crippen LogP contribution >= 0.6 is 11.6 Å². The Hall–Kier alpha value is -1.06. The Balaban J connectivity index is 1.50.